The minimum atomic E-state index is -0.340. The summed E-state index contributed by atoms with van der Waals surface area (Å²) in [7, 11) is 0. The number of benzene rings is 3. The van der Waals surface area contributed by atoms with E-state index in [0.29, 0.717) is 18.7 Å². The average molecular weight is 502 g/mol. The Morgan fingerprint density at radius 1 is 0.919 bits per heavy atom. The van der Waals surface area contributed by atoms with Crippen LogP contribution in [0.3, 0.4) is 0 Å². The lowest BCUT2D eigenvalue weighted by molar-refractivity contribution is 0.0953. The number of rotatable bonds is 13. The number of aryl methyl sites for hydroxylation is 3. The Morgan fingerprint density at radius 3 is 2.57 bits per heavy atom. The Bertz CT molecular complexity index is 1310. The van der Waals surface area contributed by atoms with Gasteiger partial charge in [-0.25, -0.2) is 9.37 Å². The van der Waals surface area contributed by atoms with Gasteiger partial charge < -0.3 is 14.6 Å². The molecule has 1 heterocycles. The van der Waals surface area contributed by atoms with Crippen molar-refractivity contribution in [3.8, 4) is 5.75 Å². The Kier molecular flexibility index (Phi) is 9.30. The van der Waals surface area contributed by atoms with Crippen LogP contribution in [0.2, 0.25) is 0 Å². The summed E-state index contributed by atoms with van der Waals surface area (Å²) in [6.07, 6.45) is 5.80. The minimum absolute atomic E-state index is 0.164. The van der Waals surface area contributed by atoms with E-state index in [1.54, 1.807) is 0 Å². The molecule has 0 radical (unpaired) electrons. The quantitative estimate of drug-likeness (QED) is 0.205. The number of carbonyl (C=O) groups is 1. The first-order valence-corrected chi connectivity index (χ1v) is 13.2. The molecule has 0 atom stereocenters. The number of halogens is 1. The van der Waals surface area contributed by atoms with E-state index in [0.717, 1.165) is 62.2 Å². The van der Waals surface area contributed by atoms with Gasteiger partial charge >= 0.3 is 0 Å². The lowest BCUT2D eigenvalue weighted by Crippen LogP contribution is -2.24. The number of para-hydroxylation sites is 2. The fourth-order valence-electron chi connectivity index (χ4n) is 4.49. The number of aromatic nitrogens is 2. The van der Waals surface area contributed by atoms with Gasteiger partial charge in [-0.1, -0.05) is 30.7 Å². The van der Waals surface area contributed by atoms with Crippen LogP contribution in [0.5, 0.6) is 5.75 Å². The number of fused-ring (bicyclic) bond motifs is 1. The number of unbranched alkanes of at least 4 members (excludes halogenated alkanes) is 3. The molecule has 1 N–H and O–H groups in total. The highest BCUT2D eigenvalue weighted by Gasteiger charge is 2.11. The second-order valence-corrected chi connectivity index (χ2v) is 9.50. The average Bonchev–Trinajstić information content (AvgIpc) is 3.25. The summed E-state index contributed by atoms with van der Waals surface area (Å²) >= 11 is 0. The SMILES string of the molecule is Cc1cccc(OCCCCn2c(CCCCCNC(=O)c3ccc(F)cc3)nc3ccccc32)c1C. The van der Waals surface area contributed by atoms with Crippen molar-refractivity contribution in [2.45, 2.75) is 58.9 Å². The predicted molar refractivity (Wildman–Crippen MR) is 147 cm³/mol. The molecule has 5 nitrogen and oxygen atoms in total. The van der Waals surface area contributed by atoms with Crippen LogP contribution in [0, 0.1) is 19.7 Å². The summed E-state index contributed by atoms with van der Waals surface area (Å²) in [6.45, 7) is 6.44. The maximum absolute atomic E-state index is 13.0. The number of nitrogens with zero attached hydrogens (tertiary/aromatic N) is 2. The van der Waals surface area contributed by atoms with E-state index < -0.39 is 0 Å². The molecule has 3 aromatic carbocycles. The van der Waals surface area contributed by atoms with E-state index >= 15 is 0 Å². The van der Waals surface area contributed by atoms with Gasteiger partial charge in [0.15, 0.2) is 0 Å². The van der Waals surface area contributed by atoms with E-state index in [1.165, 1.54) is 40.9 Å². The Balaban J connectivity index is 1.22. The zero-order chi connectivity index (χ0) is 26.0. The summed E-state index contributed by atoms with van der Waals surface area (Å²) in [5.74, 6) is 1.59. The number of nitrogens with one attached hydrogen (secondary N) is 1. The molecule has 0 unspecified atom stereocenters. The summed E-state index contributed by atoms with van der Waals surface area (Å²) in [5.41, 5.74) is 5.16. The summed E-state index contributed by atoms with van der Waals surface area (Å²) in [5, 5.41) is 2.91. The second kappa shape index (κ2) is 13.0. The molecule has 1 aromatic heterocycles. The maximum Gasteiger partial charge on any atom is 0.251 e. The molecule has 0 saturated carbocycles. The Hall–Kier alpha value is -3.67. The number of ether oxygens (including phenoxy) is 1. The zero-order valence-corrected chi connectivity index (χ0v) is 21.8. The van der Waals surface area contributed by atoms with Gasteiger partial charge in [0.25, 0.3) is 5.91 Å². The van der Waals surface area contributed by atoms with Crippen LogP contribution in [-0.4, -0.2) is 28.6 Å². The van der Waals surface area contributed by atoms with Crippen molar-refractivity contribution in [2.24, 2.45) is 0 Å². The van der Waals surface area contributed by atoms with Crippen molar-refractivity contribution >= 4 is 16.9 Å². The van der Waals surface area contributed by atoms with E-state index in [9.17, 15) is 9.18 Å². The van der Waals surface area contributed by atoms with Gasteiger partial charge in [-0.05, 0) is 93.1 Å². The fraction of sp³-hybridized carbons (Fsp3) is 0.355. The number of imidazole rings is 1. The third kappa shape index (κ3) is 7.19. The molecule has 194 valence electrons. The second-order valence-electron chi connectivity index (χ2n) is 9.50. The van der Waals surface area contributed by atoms with E-state index in [-0.39, 0.29) is 11.7 Å². The van der Waals surface area contributed by atoms with E-state index in [2.05, 4.69) is 48.0 Å². The highest BCUT2D eigenvalue weighted by molar-refractivity contribution is 5.94. The lowest BCUT2D eigenvalue weighted by atomic mass is 10.1. The molecule has 6 heteroatoms. The molecule has 0 saturated heterocycles. The molecule has 0 fully saturated rings. The number of carbonyl (C=O) groups excluding carboxylic acids is 1. The minimum Gasteiger partial charge on any atom is -0.493 e. The van der Waals surface area contributed by atoms with Gasteiger partial charge in [-0.3, -0.25) is 4.79 Å². The van der Waals surface area contributed by atoms with Crippen LogP contribution in [0.15, 0.2) is 66.7 Å². The van der Waals surface area contributed by atoms with Crippen LogP contribution in [-0.2, 0) is 13.0 Å². The number of amides is 1. The summed E-state index contributed by atoms with van der Waals surface area (Å²) < 4.78 is 21.4. The van der Waals surface area contributed by atoms with Crippen molar-refractivity contribution in [3.63, 3.8) is 0 Å². The summed E-state index contributed by atoms with van der Waals surface area (Å²) in [6, 6.07) is 20.1. The van der Waals surface area contributed by atoms with Gasteiger partial charge in [-0.2, -0.15) is 0 Å². The van der Waals surface area contributed by atoms with Crippen molar-refractivity contribution in [1.82, 2.24) is 14.9 Å². The van der Waals surface area contributed by atoms with Gasteiger partial charge in [0.1, 0.15) is 17.4 Å². The molecule has 4 aromatic rings. The third-order valence-electron chi connectivity index (χ3n) is 6.79. The topological polar surface area (TPSA) is 56.1 Å². The van der Waals surface area contributed by atoms with Gasteiger partial charge in [-0.15, -0.1) is 0 Å². The van der Waals surface area contributed by atoms with Crippen LogP contribution in [0.4, 0.5) is 4.39 Å². The first kappa shape index (κ1) is 26.4. The zero-order valence-electron chi connectivity index (χ0n) is 21.8. The van der Waals surface area contributed by atoms with Crippen LogP contribution in [0.25, 0.3) is 11.0 Å². The molecule has 1 amide bonds. The fourth-order valence-corrected chi connectivity index (χ4v) is 4.49. The largest absolute Gasteiger partial charge is 0.493 e. The lowest BCUT2D eigenvalue weighted by Gasteiger charge is -2.12. The van der Waals surface area contributed by atoms with Crippen molar-refractivity contribution in [2.75, 3.05) is 13.2 Å². The van der Waals surface area contributed by atoms with Crippen LogP contribution in [0.1, 0.15) is 59.4 Å². The molecular weight excluding hydrogens is 465 g/mol. The summed E-state index contributed by atoms with van der Waals surface area (Å²) in [4.78, 5) is 17.1. The Morgan fingerprint density at radius 2 is 1.73 bits per heavy atom. The third-order valence-corrected chi connectivity index (χ3v) is 6.79. The highest BCUT2D eigenvalue weighted by Crippen LogP contribution is 2.22. The van der Waals surface area contributed by atoms with Crippen molar-refractivity contribution < 1.29 is 13.9 Å². The molecule has 37 heavy (non-hydrogen) atoms. The molecule has 0 aliphatic heterocycles. The van der Waals surface area contributed by atoms with E-state index in [1.807, 2.05) is 18.2 Å². The van der Waals surface area contributed by atoms with Crippen molar-refractivity contribution in [3.05, 3.63) is 95.1 Å². The first-order chi connectivity index (χ1) is 18.0. The first-order valence-electron chi connectivity index (χ1n) is 13.2. The smallest absolute Gasteiger partial charge is 0.251 e. The van der Waals surface area contributed by atoms with Gasteiger partial charge in [0.05, 0.1) is 17.6 Å². The van der Waals surface area contributed by atoms with Crippen molar-refractivity contribution in [1.29, 1.82) is 0 Å². The highest BCUT2D eigenvalue weighted by atomic mass is 19.1. The molecular formula is C31H36FN3O2. The van der Waals surface area contributed by atoms with Gasteiger partial charge in [0, 0.05) is 25.1 Å². The van der Waals surface area contributed by atoms with Crippen LogP contribution < -0.4 is 10.1 Å². The maximum atomic E-state index is 13.0. The monoisotopic (exact) mass is 501 g/mol. The predicted octanol–water partition coefficient (Wildman–Crippen LogP) is 6.79. The normalized spacial score (nSPS) is 11.1. The standard InChI is InChI=1S/C31H36FN3O2/c1-23-11-10-14-29(24(23)2)37-22-9-8-21-35-28-13-6-5-12-27(28)34-30(35)15-4-3-7-20-33-31(36)25-16-18-26(32)19-17-25/h5-6,10-14,16-19H,3-4,7-9,15,20-22H2,1-2H3,(H,33,36). The Labute approximate surface area is 218 Å². The van der Waals surface area contributed by atoms with E-state index in [4.69, 9.17) is 9.72 Å². The molecule has 4 rings (SSSR count). The number of hydrogen-bond donors (Lipinski definition) is 1. The number of hydrogen-bond acceptors (Lipinski definition) is 3. The molecule has 0 bridgehead atoms. The molecule has 0 aliphatic rings. The molecule has 0 aliphatic carbocycles. The molecule has 0 spiro atoms. The van der Waals surface area contributed by atoms with Gasteiger partial charge in [0.2, 0.25) is 0 Å². The van der Waals surface area contributed by atoms with Crippen LogP contribution >= 0.6 is 0 Å².